The van der Waals surface area contributed by atoms with Gasteiger partial charge in [0.05, 0.1) is 0 Å². The number of pyridine rings is 1. The Bertz CT molecular complexity index is 351. The number of aromatic nitrogens is 1. The number of H-pyrrole nitrogens is 1. The first kappa shape index (κ1) is 9.71. The van der Waals surface area contributed by atoms with Gasteiger partial charge in [-0.15, -0.1) is 0 Å². The Morgan fingerprint density at radius 2 is 1.92 bits per heavy atom. The van der Waals surface area contributed by atoms with Crippen LogP contribution in [0.25, 0.3) is 0 Å². The van der Waals surface area contributed by atoms with Gasteiger partial charge in [-0.25, -0.2) is 0 Å². The lowest BCUT2D eigenvalue weighted by Crippen LogP contribution is -2.21. The van der Waals surface area contributed by atoms with Gasteiger partial charge < -0.3 is 4.98 Å². The molecule has 70 valence electrons. The summed E-state index contributed by atoms with van der Waals surface area (Å²) in [4.78, 5) is 24.9. The van der Waals surface area contributed by atoms with Crippen LogP contribution in [0.4, 0.5) is 0 Å². The second-order valence-electron chi connectivity index (χ2n) is 4.02. The van der Waals surface area contributed by atoms with Crippen molar-refractivity contribution in [3.63, 3.8) is 0 Å². The highest BCUT2D eigenvalue weighted by Gasteiger charge is 2.22. The SMILES string of the molecule is CC(C)(C)C(=O)c1ccc(=O)[nH]c1. The van der Waals surface area contributed by atoms with E-state index in [4.69, 9.17) is 0 Å². The summed E-state index contributed by atoms with van der Waals surface area (Å²) in [6, 6.07) is 2.91. The van der Waals surface area contributed by atoms with Crippen molar-refractivity contribution in [2.45, 2.75) is 20.8 Å². The Balaban J connectivity index is 3.04. The Kier molecular flexibility index (Phi) is 2.36. The molecular weight excluding hydrogens is 166 g/mol. The molecule has 1 N–H and O–H groups in total. The first-order chi connectivity index (χ1) is 5.91. The molecule has 0 fully saturated rings. The number of carbonyl (C=O) groups excluding carboxylic acids is 1. The summed E-state index contributed by atoms with van der Waals surface area (Å²) in [6.45, 7) is 5.54. The molecule has 0 amide bonds. The molecule has 0 unspecified atom stereocenters. The quantitative estimate of drug-likeness (QED) is 0.666. The topological polar surface area (TPSA) is 49.9 Å². The van der Waals surface area contributed by atoms with E-state index >= 15 is 0 Å². The summed E-state index contributed by atoms with van der Waals surface area (Å²) in [5.74, 6) is 0.0313. The minimum Gasteiger partial charge on any atom is -0.328 e. The molecular formula is C10H13NO2. The molecule has 1 aromatic heterocycles. The molecule has 0 aliphatic carbocycles. The average Bonchev–Trinajstić information content (AvgIpc) is 2.03. The molecule has 0 saturated carbocycles. The van der Waals surface area contributed by atoms with Crippen LogP contribution in [-0.2, 0) is 0 Å². The van der Waals surface area contributed by atoms with Crippen molar-refractivity contribution in [2.24, 2.45) is 5.41 Å². The minimum atomic E-state index is -0.405. The maximum Gasteiger partial charge on any atom is 0.247 e. The molecule has 0 atom stereocenters. The summed E-state index contributed by atoms with van der Waals surface area (Å²) in [5, 5.41) is 0. The lowest BCUT2D eigenvalue weighted by atomic mass is 9.87. The van der Waals surface area contributed by atoms with E-state index in [0.717, 1.165) is 0 Å². The summed E-state index contributed by atoms with van der Waals surface area (Å²) >= 11 is 0. The Morgan fingerprint density at radius 1 is 1.31 bits per heavy atom. The molecule has 1 rings (SSSR count). The molecule has 1 heterocycles. The first-order valence-electron chi connectivity index (χ1n) is 4.15. The van der Waals surface area contributed by atoms with E-state index in [1.54, 1.807) is 6.07 Å². The number of aromatic amines is 1. The molecule has 0 aromatic carbocycles. The van der Waals surface area contributed by atoms with E-state index in [1.807, 2.05) is 20.8 Å². The third kappa shape index (κ3) is 2.28. The van der Waals surface area contributed by atoms with Gasteiger partial charge in [0.25, 0.3) is 0 Å². The van der Waals surface area contributed by atoms with Gasteiger partial charge in [-0.05, 0) is 6.07 Å². The normalized spacial score (nSPS) is 11.3. The number of ketones is 1. The third-order valence-corrected chi connectivity index (χ3v) is 1.73. The largest absolute Gasteiger partial charge is 0.328 e. The highest BCUT2D eigenvalue weighted by atomic mass is 16.1. The average molecular weight is 179 g/mol. The molecule has 0 aliphatic rings. The van der Waals surface area contributed by atoms with Gasteiger partial charge in [-0.2, -0.15) is 0 Å². The number of carbonyl (C=O) groups is 1. The van der Waals surface area contributed by atoms with E-state index in [9.17, 15) is 9.59 Å². The third-order valence-electron chi connectivity index (χ3n) is 1.73. The lowest BCUT2D eigenvalue weighted by Gasteiger charge is -2.15. The van der Waals surface area contributed by atoms with Crippen LogP contribution < -0.4 is 5.56 Å². The predicted molar refractivity (Wildman–Crippen MR) is 50.8 cm³/mol. The highest BCUT2D eigenvalue weighted by Crippen LogP contribution is 2.19. The zero-order valence-electron chi connectivity index (χ0n) is 8.05. The van der Waals surface area contributed by atoms with Gasteiger partial charge in [-0.1, -0.05) is 20.8 Å². The Labute approximate surface area is 76.8 Å². The number of Topliss-reactive ketones (excluding diaryl/α,β-unsaturated/α-hetero) is 1. The second-order valence-corrected chi connectivity index (χ2v) is 4.02. The van der Waals surface area contributed by atoms with Gasteiger partial charge in [-0.3, -0.25) is 9.59 Å². The molecule has 0 radical (unpaired) electrons. The fourth-order valence-corrected chi connectivity index (χ4v) is 0.985. The van der Waals surface area contributed by atoms with Crippen LogP contribution >= 0.6 is 0 Å². The summed E-state index contributed by atoms with van der Waals surface area (Å²) in [6.07, 6.45) is 1.45. The van der Waals surface area contributed by atoms with E-state index in [-0.39, 0.29) is 11.3 Å². The summed E-state index contributed by atoms with van der Waals surface area (Å²) < 4.78 is 0. The van der Waals surface area contributed by atoms with E-state index in [1.165, 1.54) is 12.3 Å². The molecule has 0 saturated heterocycles. The molecule has 1 aromatic rings. The fraction of sp³-hybridized carbons (Fsp3) is 0.400. The molecule has 3 nitrogen and oxygen atoms in total. The Morgan fingerprint density at radius 3 is 2.31 bits per heavy atom. The fourth-order valence-electron chi connectivity index (χ4n) is 0.985. The van der Waals surface area contributed by atoms with Crippen molar-refractivity contribution in [3.05, 3.63) is 34.2 Å². The van der Waals surface area contributed by atoms with Crippen molar-refractivity contribution < 1.29 is 4.79 Å². The van der Waals surface area contributed by atoms with Crippen molar-refractivity contribution in [1.29, 1.82) is 0 Å². The number of hydrogen-bond acceptors (Lipinski definition) is 2. The van der Waals surface area contributed by atoms with Gasteiger partial charge in [0.2, 0.25) is 5.56 Å². The number of rotatable bonds is 1. The number of nitrogens with one attached hydrogen (secondary N) is 1. The smallest absolute Gasteiger partial charge is 0.247 e. The van der Waals surface area contributed by atoms with Crippen LogP contribution in [-0.4, -0.2) is 10.8 Å². The molecule has 0 spiro atoms. The minimum absolute atomic E-state index is 0.0313. The standard InChI is InChI=1S/C10H13NO2/c1-10(2,3)9(13)7-4-5-8(12)11-6-7/h4-6H,1-3H3,(H,11,12). The summed E-state index contributed by atoms with van der Waals surface area (Å²) in [7, 11) is 0. The van der Waals surface area contributed by atoms with E-state index in [0.29, 0.717) is 5.56 Å². The zero-order valence-corrected chi connectivity index (χ0v) is 8.05. The van der Waals surface area contributed by atoms with Crippen molar-refractivity contribution in [1.82, 2.24) is 4.98 Å². The predicted octanol–water partition coefficient (Wildman–Crippen LogP) is 1.60. The zero-order chi connectivity index (χ0) is 10.1. The number of hydrogen-bond donors (Lipinski definition) is 1. The second kappa shape index (κ2) is 3.17. The summed E-state index contributed by atoms with van der Waals surface area (Å²) in [5.41, 5.74) is -0.0457. The van der Waals surface area contributed by atoms with Crippen molar-refractivity contribution in [3.8, 4) is 0 Å². The van der Waals surface area contributed by atoms with Crippen LogP contribution in [0.5, 0.6) is 0 Å². The van der Waals surface area contributed by atoms with Crippen LogP contribution in [0, 0.1) is 5.41 Å². The molecule has 0 aliphatic heterocycles. The van der Waals surface area contributed by atoms with Crippen molar-refractivity contribution >= 4 is 5.78 Å². The van der Waals surface area contributed by atoms with Gasteiger partial charge in [0.15, 0.2) is 5.78 Å². The van der Waals surface area contributed by atoms with Crippen LogP contribution in [0.2, 0.25) is 0 Å². The van der Waals surface area contributed by atoms with Gasteiger partial charge in [0.1, 0.15) is 0 Å². The van der Waals surface area contributed by atoms with E-state index < -0.39 is 5.41 Å². The van der Waals surface area contributed by atoms with Gasteiger partial charge >= 0.3 is 0 Å². The highest BCUT2D eigenvalue weighted by molar-refractivity contribution is 5.99. The van der Waals surface area contributed by atoms with Gasteiger partial charge in [0, 0.05) is 23.2 Å². The van der Waals surface area contributed by atoms with E-state index in [2.05, 4.69) is 4.98 Å². The van der Waals surface area contributed by atoms with Crippen LogP contribution in [0.1, 0.15) is 31.1 Å². The molecule has 13 heavy (non-hydrogen) atoms. The van der Waals surface area contributed by atoms with Crippen molar-refractivity contribution in [2.75, 3.05) is 0 Å². The molecule has 0 bridgehead atoms. The van der Waals surface area contributed by atoms with Crippen LogP contribution in [0.3, 0.4) is 0 Å². The maximum absolute atomic E-state index is 11.7. The Hall–Kier alpha value is -1.38. The monoisotopic (exact) mass is 179 g/mol. The molecule has 3 heteroatoms. The van der Waals surface area contributed by atoms with Crippen LogP contribution in [0.15, 0.2) is 23.1 Å². The lowest BCUT2D eigenvalue weighted by molar-refractivity contribution is 0.0858. The first-order valence-corrected chi connectivity index (χ1v) is 4.15. The maximum atomic E-state index is 11.7.